The molecule has 2 atom stereocenters. The maximum atomic E-state index is 11.6. The van der Waals surface area contributed by atoms with Gasteiger partial charge in [0.1, 0.15) is 0 Å². The fourth-order valence-corrected chi connectivity index (χ4v) is 3.33. The summed E-state index contributed by atoms with van der Waals surface area (Å²) in [6.45, 7) is 5.78. The second-order valence-electron chi connectivity index (χ2n) is 5.74. The quantitative estimate of drug-likeness (QED) is 0.898. The van der Waals surface area contributed by atoms with E-state index in [4.69, 9.17) is 0 Å². The number of carbonyl (C=O) groups is 1. The molecule has 20 heavy (non-hydrogen) atoms. The van der Waals surface area contributed by atoms with E-state index in [9.17, 15) is 9.90 Å². The third-order valence-electron chi connectivity index (χ3n) is 4.64. The highest BCUT2D eigenvalue weighted by Gasteiger charge is 2.41. The van der Waals surface area contributed by atoms with E-state index < -0.39 is 11.4 Å². The first kappa shape index (κ1) is 15.5. The van der Waals surface area contributed by atoms with Gasteiger partial charge in [-0.25, -0.2) is 0 Å². The van der Waals surface area contributed by atoms with Crippen molar-refractivity contribution in [2.75, 3.05) is 13.1 Å². The highest BCUT2D eigenvalue weighted by molar-refractivity contribution is 9.10. The molecule has 3 nitrogen and oxygen atoms in total. The largest absolute Gasteiger partial charge is 0.481 e. The van der Waals surface area contributed by atoms with Gasteiger partial charge in [-0.05, 0) is 50.4 Å². The lowest BCUT2D eigenvalue weighted by Gasteiger charge is -2.42. The Morgan fingerprint density at radius 2 is 2.10 bits per heavy atom. The normalized spacial score (nSPS) is 25.4. The maximum Gasteiger partial charge on any atom is 0.310 e. The molecule has 0 bridgehead atoms. The Morgan fingerprint density at radius 3 is 2.65 bits per heavy atom. The van der Waals surface area contributed by atoms with Crippen molar-refractivity contribution in [2.45, 2.75) is 39.2 Å². The Morgan fingerprint density at radius 1 is 1.45 bits per heavy atom. The molecule has 1 aromatic rings. The summed E-state index contributed by atoms with van der Waals surface area (Å²) in [5, 5.41) is 9.56. The molecule has 1 aromatic carbocycles. The van der Waals surface area contributed by atoms with Crippen LogP contribution in [-0.4, -0.2) is 29.1 Å². The molecule has 0 amide bonds. The number of likely N-dealkylation sites (tertiary alicyclic amines) is 1. The number of carboxylic acid groups (broad SMARTS) is 1. The highest BCUT2D eigenvalue weighted by atomic mass is 79.9. The fourth-order valence-electron chi connectivity index (χ4n) is 3.06. The van der Waals surface area contributed by atoms with Crippen molar-refractivity contribution in [3.8, 4) is 0 Å². The number of piperidine rings is 1. The predicted molar refractivity (Wildman–Crippen MR) is 83.7 cm³/mol. The molecule has 0 aliphatic carbocycles. The van der Waals surface area contributed by atoms with Gasteiger partial charge in [0.05, 0.1) is 5.41 Å². The molecule has 0 radical (unpaired) electrons. The molecular formula is C16H22BrNO2. The number of nitrogens with zero attached hydrogens (tertiary/aromatic N) is 1. The average molecular weight is 340 g/mol. The predicted octanol–water partition coefficient (Wildman–Crippen LogP) is 4.09. The third kappa shape index (κ3) is 3.07. The summed E-state index contributed by atoms with van der Waals surface area (Å²) in [4.78, 5) is 13.9. The van der Waals surface area contributed by atoms with Crippen molar-refractivity contribution < 1.29 is 9.90 Å². The van der Waals surface area contributed by atoms with Crippen LogP contribution < -0.4 is 0 Å². The summed E-state index contributed by atoms with van der Waals surface area (Å²) >= 11 is 3.45. The van der Waals surface area contributed by atoms with Crippen molar-refractivity contribution in [3.05, 3.63) is 34.3 Å². The van der Waals surface area contributed by atoms with Gasteiger partial charge in [-0.2, -0.15) is 0 Å². The van der Waals surface area contributed by atoms with Gasteiger partial charge in [0.25, 0.3) is 0 Å². The smallest absolute Gasteiger partial charge is 0.310 e. The van der Waals surface area contributed by atoms with Crippen LogP contribution in [-0.2, 0) is 4.79 Å². The number of benzene rings is 1. The lowest BCUT2D eigenvalue weighted by molar-refractivity contribution is -0.153. The Bertz CT molecular complexity index is 474. The molecule has 1 heterocycles. The summed E-state index contributed by atoms with van der Waals surface area (Å²) in [6, 6.07) is 8.56. The van der Waals surface area contributed by atoms with E-state index in [1.54, 1.807) is 0 Å². The monoisotopic (exact) mass is 339 g/mol. The van der Waals surface area contributed by atoms with E-state index >= 15 is 0 Å². The van der Waals surface area contributed by atoms with Crippen LogP contribution in [0, 0.1) is 5.41 Å². The number of hydrogen-bond donors (Lipinski definition) is 1. The third-order valence-corrected chi connectivity index (χ3v) is 5.17. The van der Waals surface area contributed by atoms with E-state index in [0.29, 0.717) is 13.0 Å². The van der Waals surface area contributed by atoms with Crippen molar-refractivity contribution in [1.82, 2.24) is 4.90 Å². The van der Waals surface area contributed by atoms with E-state index in [1.165, 1.54) is 5.56 Å². The minimum atomic E-state index is -0.646. The van der Waals surface area contributed by atoms with Crippen LogP contribution in [0.25, 0.3) is 0 Å². The Labute approximate surface area is 129 Å². The van der Waals surface area contributed by atoms with Crippen molar-refractivity contribution >= 4 is 21.9 Å². The molecule has 110 valence electrons. The molecule has 2 unspecified atom stereocenters. The molecule has 2 rings (SSSR count). The van der Waals surface area contributed by atoms with E-state index in [1.807, 2.05) is 19.1 Å². The lowest BCUT2D eigenvalue weighted by Crippen LogP contribution is -2.48. The number of rotatable bonds is 4. The minimum absolute atomic E-state index is 0.258. The van der Waals surface area contributed by atoms with Crippen molar-refractivity contribution in [1.29, 1.82) is 0 Å². The molecule has 0 spiro atoms. The first-order valence-corrected chi connectivity index (χ1v) is 8.01. The Balaban J connectivity index is 2.16. The summed E-state index contributed by atoms with van der Waals surface area (Å²) in [5.74, 6) is -0.646. The van der Waals surface area contributed by atoms with Crippen LogP contribution in [0.3, 0.4) is 0 Å². The van der Waals surface area contributed by atoms with E-state index in [0.717, 1.165) is 23.9 Å². The van der Waals surface area contributed by atoms with Gasteiger partial charge in [0.2, 0.25) is 0 Å². The standard InChI is InChI=1S/C16H22BrNO2/c1-3-16(15(19)20)9-4-10-18(11-16)12(2)13-5-7-14(17)8-6-13/h5-8,12H,3-4,9-11H2,1-2H3,(H,19,20). The zero-order chi connectivity index (χ0) is 14.8. The molecule has 4 heteroatoms. The van der Waals surface area contributed by atoms with Gasteiger partial charge < -0.3 is 5.11 Å². The van der Waals surface area contributed by atoms with Crippen LogP contribution in [0.1, 0.15) is 44.7 Å². The van der Waals surface area contributed by atoms with Gasteiger partial charge in [-0.3, -0.25) is 9.69 Å². The first-order valence-electron chi connectivity index (χ1n) is 7.21. The Hall–Kier alpha value is -0.870. The van der Waals surface area contributed by atoms with Gasteiger partial charge in [-0.15, -0.1) is 0 Å². The van der Waals surface area contributed by atoms with Crippen molar-refractivity contribution in [3.63, 3.8) is 0 Å². The van der Waals surface area contributed by atoms with Gasteiger partial charge in [0, 0.05) is 17.1 Å². The van der Waals surface area contributed by atoms with Crippen LogP contribution in [0.4, 0.5) is 0 Å². The average Bonchev–Trinajstić information content (AvgIpc) is 2.47. The number of carboxylic acids is 1. The van der Waals surface area contributed by atoms with Crippen LogP contribution in [0.2, 0.25) is 0 Å². The molecule has 0 aromatic heterocycles. The van der Waals surface area contributed by atoms with Crippen LogP contribution in [0.5, 0.6) is 0 Å². The molecule has 0 saturated carbocycles. The molecule has 1 fully saturated rings. The second kappa shape index (κ2) is 6.27. The fraction of sp³-hybridized carbons (Fsp3) is 0.562. The van der Waals surface area contributed by atoms with Crippen molar-refractivity contribution in [2.24, 2.45) is 5.41 Å². The summed E-state index contributed by atoms with van der Waals surface area (Å²) in [7, 11) is 0. The highest BCUT2D eigenvalue weighted by Crippen LogP contribution is 2.37. The zero-order valence-electron chi connectivity index (χ0n) is 12.1. The van der Waals surface area contributed by atoms with E-state index in [-0.39, 0.29) is 6.04 Å². The minimum Gasteiger partial charge on any atom is -0.481 e. The maximum absolute atomic E-state index is 11.6. The van der Waals surface area contributed by atoms with Crippen LogP contribution >= 0.6 is 15.9 Å². The summed E-state index contributed by atoms with van der Waals surface area (Å²) < 4.78 is 1.07. The molecule has 1 saturated heterocycles. The summed E-state index contributed by atoms with van der Waals surface area (Å²) in [5.41, 5.74) is 0.674. The number of halogens is 1. The lowest BCUT2D eigenvalue weighted by atomic mass is 9.77. The first-order chi connectivity index (χ1) is 9.48. The zero-order valence-corrected chi connectivity index (χ0v) is 13.7. The Kier molecular flexibility index (Phi) is 4.86. The summed E-state index contributed by atoms with van der Waals surface area (Å²) in [6.07, 6.45) is 2.45. The molecule has 1 N–H and O–H groups in total. The molecular weight excluding hydrogens is 318 g/mol. The second-order valence-corrected chi connectivity index (χ2v) is 6.66. The van der Waals surface area contributed by atoms with Gasteiger partial charge in [0.15, 0.2) is 0 Å². The van der Waals surface area contributed by atoms with Gasteiger partial charge >= 0.3 is 5.97 Å². The van der Waals surface area contributed by atoms with Crippen LogP contribution in [0.15, 0.2) is 28.7 Å². The topological polar surface area (TPSA) is 40.5 Å². The van der Waals surface area contributed by atoms with Gasteiger partial charge in [-0.1, -0.05) is 35.0 Å². The van der Waals surface area contributed by atoms with E-state index in [2.05, 4.69) is 39.9 Å². The SMILES string of the molecule is CCC1(C(=O)O)CCCN(C(C)c2ccc(Br)cc2)C1. The molecule has 1 aliphatic heterocycles. The number of hydrogen-bond acceptors (Lipinski definition) is 2. The number of aliphatic carboxylic acids is 1. The molecule has 1 aliphatic rings.